The molecule has 1 fully saturated rings. The fraction of sp³-hybridized carbons (Fsp3) is 0.200. The van der Waals surface area contributed by atoms with E-state index in [4.69, 9.17) is 11.0 Å². The van der Waals surface area contributed by atoms with E-state index in [1.807, 2.05) is 17.7 Å². The quantitative estimate of drug-likeness (QED) is 0.696. The fourth-order valence-electron chi connectivity index (χ4n) is 3.19. The molecular formula is C20H17N5O2. The lowest BCUT2D eigenvalue weighted by Gasteiger charge is -2.12. The minimum absolute atomic E-state index is 0.0825. The summed E-state index contributed by atoms with van der Waals surface area (Å²) in [4.78, 5) is 28.1. The molecule has 0 aliphatic heterocycles. The molecule has 7 heteroatoms. The smallest absolute Gasteiger partial charge is 0.230 e. The number of nitrogen functional groups attached to an aromatic ring is 1. The van der Waals surface area contributed by atoms with Crippen molar-refractivity contribution in [2.75, 3.05) is 11.1 Å². The highest BCUT2D eigenvalue weighted by atomic mass is 16.2. The number of aromatic nitrogens is 2. The number of hydrogen-bond donors (Lipinski definition) is 2. The van der Waals surface area contributed by atoms with Gasteiger partial charge in [0.15, 0.2) is 5.43 Å². The zero-order valence-corrected chi connectivity index (χ0v) is 14.6. The third-order valence-electron chi connectivity index (χ3n) is 4.83. The van der Waals surface area contributed by atoms with Gasteiger partial charge in [-0.25, -0.2) is 4.98 Å². The van der Waals surface area contributed by atoms with Gasteiger partial charge in [-0.05, 0) is 30.0 Å². The molecule has 2 aromatic heterocycles. The van der Waals surface area contributed by atoms with Crippen molar-refractivity contribution in [3.8, 4) is 17.3 Å². The topological polar surface area (TPSA) is 114 Å². The molecule has 0 saturated heterocycles. The standard InChI is InChI=1S/C20H17N5O2/c1-25-3-2-14(26)8-18(25)12-4-11-7-19(23-10-16(11)17(22)6-12)24-20(27)15-5-13(15)9-21/h2-4,6-8,10,13,15H,5,22H2,1H3,(H,23,24,27)/t13?,15-/m1/s1. The van der Waals surface area contributed by atoms with Gasteiger partial charge in [0.1, 0.15) is 5.82 Å². The first-order valence-corrected chi connectivity index (χ1v) is 8.53. The Morgan fingerprint density at radius 1 is 1.37 bits per heavy atom. The lowest BCUT2D eigenvalue weighted by Crippen LogP contribution is -2.15. The molecule has 1 unspecified atom stereocenters. The van der Waals surface area contributed by atoms with Crippen molar-refractivity contribution in [2.45, 2.75) is 6.42 Å². The number of hydrogen-bond acceptors (Lipinski definition) is 5. The third-order valence-corrected chi connectivity index (χ3v) is 4.83. The summed E-state index contributed by atoms with van der Waals surface area (Å²) in [5.41, 5.74) is 8.18. The Morgan fingerprint density at radius 3 is 2.93 bits per heavy atom. The number of anilines is 2. The second-order valence-electron chi connectivity index (χ2n) is 6.78. The second-order valence-corrected chi connectivity index (χ2v) is 6.78. The first-order chi connectivity index (χ1) is 13.0. The van der Waals surface area contributed by atoms with Crippen LogP contribution in [0.4, 0.5) is 11.5 Å². The van der Waals surface area contributed by atoms with Gasteiger partial charge in [-0.2, -0.15) is 5.26 Å². The van der Waals surface area contributed by atoms with Crippen LogP contribution in [0.15, 0.2) is 47.5 Å². The zero-order valence-electron chi connectivity index (χ0n) is 14.6. The lowest BCUT2D eigenvalue weighted by molar-refractivity contribution is -0.117. The molecule has 3 aromatic rings. The van der Waals surface area contributed by atoms with Crippen LogP contribution < -0.4 is 16.5 Å². The SMILES string of the molecule is Cn1ccc(=O)cc1-c1cc(N)c2cnc(NC(=O)[C@@H]3CC3C#N)cc2c1. The summed E-state index contributed by atoms with van der Waals surface area (Å²) in [5, 5.41) is 13.2. The molecular weight excluding hydrogens is 342 g/mol. The molecule has 3 N–H and O–H groups in total. The van der Waals surface area contributed by atoms with E-state index in [1.165, 1.54) is 6.07 Å². The van der Waals surface area contributed by atoms with Crippen molar-refractivity contribution in [3.05, 3.63) is 52.9 Å². The molecule has 7 nitrogen and oxygen atoms in total. The molecule has 2 atom stereocenters. The zero-order chi connectivity index (χ0) is 19.1. The molecule has 1 saturated carbocycles. The molecule has 27 heavy (non-hydrogen) atoms. The molecule has 1 aliphatic carbocycles. The molecule has 0 radical (unpaired) electrons. The van der Waals surface area contributed by atoms with Crippen molar-refractivity contribution in [1.29, 1.82) is 5.26 Å². The monoisotopic (exact) mass is 359 g/mol. The van der Waals surface area contributed by atoms with Crippen LogP contribution in [0.25, 0.3) is 22.0 Å². The Hall–Kier alpha value is -3.66. The minimum atomic E-state index is -0.261. The van der Waals surface area contributed by atoms with Crippen LogP contribution in [0, 0.1) is 23.2 Å². The van der Waals surface area contributed by atoms with Crippen molar-refractivity contribution >= 4 is 28.2 Å². The van der Waals surface area contributed by atoms with Crippen molar-refractivity contribution in [3.63, 3.8) is 0 Å². The Labute approximate surface area is 155 Å². The van der Waals surface area contributed by atoms with Gasteiger partial charge in [-0.15, -0.1) is 0 Å². The highest BCUT2D eigenvalue weighted by Crippen LogP contribution is 2.38. The van der Waals surface area contributed by atoms with Gasteiger partial charge in [0.25, 0.3) is 0 Å². The predicted octanol–water partition coefficient (Wildman–Crippen LogP) is 2.28. The number of carbonyl (C=O) groups excluding carboxylic acids is 1. The van der Waals surface area contributed by atoms with Crippen molar-refractivity contribution < 1.29 is 4.79 Å². The Morgan fingerprint density at radius 2 is 2.19 bits per heavy atom. The Balaban J connectivity index is 1.72. The number of nitriles is 1. The molecule has 0 bridgehead atoms. The molecule has 4 rings (SSSR count). The Kier molecular flexibility index (Phi) is 3.89. The van der Waals surface area contributed by atoms with Crippen LogP contribution in [0.3, 0.4) is 0 Å². The number of aryl methyl sites for hydroxylation is 1. The molecule has 1 aliphatic rings. The summed E-state index contributed by atoms with van der Waals surface area (Å²) < 4.78 is 1.85. The van der Waals surface area contributed by atoms with Gasteiger partial charge in [0.2, 0.25) is 5.91 Å². The molecule has 1 aromatic carbocycles. The number of rotatable bonds is 3. The summed E-state index contributed by atoms with van der Waals surface area (Å²) in [6.45, 7) is 0. The minimum Gasteiger partial charge on any atom is -0.398 e. The number of carbonyl (C=O) groups is 1. The average Bonchev–Trinajstić information content (AvgIpc) is 3.43. The first-order valence-electron chi connectivity index (χ1n) is 8.53. The molecule has 1 amide bonds. The van der Waals surface area contributed by atoms with E-state index in [0.29, 0.717) is 17.9 Å². The summed E-state index contributed by atoms with van der Waals surface area (Å²) in [5.74, 6) is -0.243. The van der Waals surface area contributed by atoms with E-state index in [1.54, 1.807) is 30.6 Å². The van der Waals surface area contributed by atoms with Gasteiger partial charge in [0, 0.05) is 48.2 Å². The number of amides is 1. The van der Waals surface area contributed by atoms with Crippen LogP contribution in [0.1, 0.15) is 6.42 Å². The number of nitrogens with two attached hydrogens (primary N) is 1. The fourth-order valence-corrected chi connectivity index (χ4v) is 3.19. The van der Waals surface area contributed by atoms with Crippen LogP contribution >= 0.6 is 0 Å². The van der Waals surface area contributed by atoms with Gasteiger partial charge in [-0.3, -0.25) is 9.59 Å². The molecule has 2 heterocycles. The maximum absolute atomic E-state index is 12.2. The normalized spacial score (nSPS) is 18.1. The maximum Gasteiger partial charge on any atom is 0.230 e. The van der Waals surface area contributed by atoms with Crippen LogP contribution in [-0.4, -0.2) is 15.5 Å². The predicted molar refractivity (Wildman–Crippen MR) is 103 cm³/mol. The van der Waals surface area contributed by atoms with Crippen LogP contribution in [-0.2, 0) is 11.8 Å². The van der Waals surface area contributed by atoms with Crippen molar-refractivity contribution in [1.82, 2.24) is 9.55 Å². The van der Waals surface area contributed by atoms with Gasteiger partial charge < -0.3 is 15.6 Å². The number of nitrogens with one attached hydrogen (secondary N) is 1. The number of nitrogens with zero attached hydrogens (tertiary/aromatic N) is 3. The molecule has 134 valence electrons. The van der Waals surface area contributed by atoms with Crippen molar-refractivity contribution in [2.24, 2.45) is 18.9 Å². The van der Waals surface area contributed by atoms with E-state index in [9.17, 15) is 9.59 Å². The molecule has 0 spiro atoms. The highest BCUT2D eigenvalue weighted by molar-refractivity contribution is 6.00. The van der Waals surface area contributed by atoms with Gasteiger partial charge in [-0.1, -0.05) is 0 Å². The third kappa shape index (κ3) is 3.13. The lowest BCUT2D eigenvalue weighted by atomic mass is 10.0. The summed E-state index contributed by atoms with van der Waals surface area (Å²) in [6.07, 6.45) is 3.91. The summed E-state index contributed by atoms with van der Waals surface area (Å²) in [7, 11) is 1.86. The number of fused-ring (bicyclic) bond motifs is 1. The van der Waals surface area contributed by atoms with Gasteiger partial charge in [0.05, 0.1) is 23.6 Å². The second kappa shape index (κ2) is 6.25. The Bertz CT molecular complexity index is 1180. The largest absolute Gasteiger partial charge is 0.398 e. The first kappa shape index (κ1) is 16.8. The summed E-state index contributed by atoms with van der Waals surface area (Å²) >= 11 is 0. The highest BCUT2D eigenvalue weighted by Gasteiger charge is 2.43. The van der Waals surface area contributed by atoms with E-state index in [-0.39, 0.29) is 23.2 Å². The summed E-state index contributed by atoms with van der Waals surface area (Å²) in [6, 6.07) is 10.6. The van der Waals surface area contributed by atoms with E-state index < -0.39 is 0 Å². The van der Waals surface area contributed by atoms with E-state index in [2.05, 4.69) is 16.4 Å². The van der Waals surface area contributed by atoms with E-state index in [0.717, 1.165) is 22.0 Å². The van der Waals surface area contributed by atoms with Gasteiger partial charge >= 0.3 is 0 Å². The van der Waals surface area contributed by atoms with Crippen LogP contribution in [0.5, 0.6) is 0 Å². The van der Waals surface area contributed by atoms with Crippen LogP contribution in [0.2, 0.25) is 0 Å². The maximum atomic E-state index is 12.2. The van der Waals surface area contributed by atoms with E-state index >= 15 is 0 Å². The number of pyridine rings is 2. The average molecular weight is 359 g/mol. The number of benzene rings is 1.